The van der Waals surface area contributed by atoms with E-state index in [1.165, 1.54) is 16.7 Å². The lowest BCUT2D eigenvalue weighted by Gasteiger charge is -2.41. The van der Waals surface area contributed by atoms with E-state index in [9.17, 15) is 9.59 Å². The van der Waals surface area contributed by atoms with Gasteiger partial charge >= 0.3 is 0 Å². The third-order valence-electron chi connectivity index (χ3n) is 6.92. The van der Waals surface area contributed by atoms with Gasteiger partial charge in [-0.05, 0) is 60.2 Å². The van der Waals surface area contributed by atoms with Crippen molar-refractivity contribution in [3.8, 4) is 0 Å². The zero-order chi connectivity index (χ0) is 21.9. The van der Waals surface area contributed by atoms with Gasteiger partial charge in [0.05, 0.1) is 6.04 Å². The summed E-state index contributed by atoms with van der Waals surface area (Å²) in [7, 11) is 0. The van der Waals surface area contributed by atoms with E-state index in [4.69, 9.17) is 0 Å². The Labute approximate surface area is 189 Å². The molecule has 32 heavy (non-hydrogen) atoms. The maximum Gasteiger partial charge on any atom is 0.226 e. The number of carbonyl (C=O) groups is 2. The number of piperidine rings is 1. The molecule has 0 saturated carbocycles. The van der Waals surface area contributed by atoms with Crippen LogP contribution in [0.25, 0.3) is 0 Å². The maximum atomic E-state index is 13.7. The lowest BCUT2D eigenvalue weighted by Crippen LogP contribution is -2.46. The number of aldehydes is 1. The number of hydrogen-bond donors (Lipinski definition) is 0. The molecule has 2 aliphatic rings. The van der Waals surface area contributed by atoms with Crippen LogP contribution in [0, 0.1) is 5.92 Å². The second-order valence-corrected chi connectivity index (χ2v) is 8.76. The summed E-state index contributed by atoms with van der Waals surface area (Å²) in [6.45, 7) is 2.48. The molecule has 1 fully saturated rings. The molecule has 4 nitrogen and oxygen atoms in total. The van der Waals surface area contributed by atoms with Gasteiger partial charge in [-0.2, -0.15) is 0 Å². The summed E-state index contributed by atoms with van der Waals surface area (Å²) in [6, 6.07) is 26.7. The first kappa shape index (κ1) is 20.5. The lowest BCUT2D eigenvalue weighted by atomic mass is 9.86. The average molecular weight is 425 g/mol. The standard InChI is InChI=1S/C28H28N2O2/c31-20-21-10-12-25(13-11-21)29-17-14-24(15-18-29)28(32)30-19-16-22-6-4-5-9-26(22)27(30)23-7-2-1-3-8-23/h1-13,20,24,27H,14-19H2/t27-/m1/s1. The highest BCUT2D eigenvalue weighted by atomic mass is 16.2. The van der Waals surface area contributed by atoms with Crippen molar-refractivity contribution < 1.29 is 9.59 Å². The first-order chi connectivity index (χ1) is 15.7. The van der Waals surface area contributed by atoms with Crippen molar-refractivity contribution in [1.29, 1.82) is 0 Å². The summed E-state index contributed by atoms with van der Waals surface area (Å²) >= 11 is 0. The molecular weight excluding hydrogens is 396 g/mol. The smallest absolute Gasteiger partial charge is 0.226 e. The highest BCUT2D eigenvalue weighted by Crippen LogP contribution is 2.37. The number of fused-ring (bicyclic) bond motifs is 1. The number of rotatable bonds is 4. The molecule has 1 amide bonds. The Hall–Kier alpha value is -3.40. The number of anilines is 1. The Morgan fingerprint density at radius 1 is 0.812 bits per heavy atom. The molecule has 0 N–H and O–H groups in total. The minimum atomic E-state index is -0.0115. The predicted octanol–water partition coefficient (Wildman–Crippen LogP) is 4.89. The Bertz CT molecular complexity index is 1090. The summed E-state index contributed by atoms with van der Waals surface area (Å²) < 4.78 is 0. The van der Waals surface area contributed by atoms with Gasteiger partial charge in [0.1, 0.15) is 6.29 Å². The van der Waals surface area contributed by atoms with E-state index in [2.05, 4.69) is 58.3 Å². The van der Waals surface area contributed by atoms with E-state index < -0.39 is 0 Å². The van der Waals surface area contributed by atoms with E-state index in [0.717, 1.165) is 50.9 Å². The molecule has 1 saturated heterocycles. The molecule has 3 aromatic carbocycles. The van der Waals surface area contributed by atoms with Crippen molar-refractivity contribution in [2.45, 2.75) is 25.3 Å². The van der Waals surface area contributed by atoms with Gasteiger partial charge < -0.3 is 9.80 Å². The molecule has 1 atom stereocenters. The molecule has 0 spiro atoms. The van der Waals surface area contributed by atoms with Gasteiger partial charge in [-0.25, -0.2) is 0 Å². The monoisotopic (exact) mass is 424 g/mol. The lowest BCUT2D eigenvalue weighted by molar-refractivity contribution is -0.138. The van der Waals surface area contributed by atoms with Crippen molar-refractivity contribution in [3.63, 3.8) is 0 Å². The van der Waals surface area contributed by atoms with E-state index in [-0.39, 0.29) is 17.9 Å². The summed E-state index contributed by atoms with van der Waals surface area (Å²) in [5, 5.41) is 0. The van der Waals surface area contributed by atoms with E-state index in [0.29, 0.717) is 5.56 Å². The van der Waals surface area contributed by atoms with Crippen LogP contribution in [0.5, 0.6) is 0 Å². The zero-order valence-corrected chi connectivity index (χ0v) is 18.2. The highest BCUT2D eigenvalue weighted by Gasteiger charge is 2.36. The fourth-order valence-electron chi connectivity index (χ4n) is 5.18. The largest absolute Gasteiger partial charge is 0.371 e. The van der Waals surface area contributed by atoms with Crippen LogP contribution in [0.4, 0.5) is 5.69 Å². The quantitative estimate of drug-likeness (QED) is 0.560. The SMILES string of the molecule is O=Cc1ccc(N2CCC(C(=O)N3CCc4ccccc4[C@H]3c3ccccc3)CC2)cc1. The molecule has 5 rings (SSSR count). The number of hydrogen-bond acceptors (Lipinski definition) is 3. The third-order valence-corrected chi connectivity index (χ3v) is 6.92. The number of carbonyl (C=O) groups excluding carboxylic acids is 2. The summed E-state index contributed by atoms with van der Waals surface area (Å²) in [5.74, 6) is 0.335. The Morgan fingerprint density at radius 2 is 1.50 bits per heavy atom. The van der Waals surface area contributed by atoms with Crippen molar-refractivity contribution in [3.05, 3.63) is 101 Å². The van der Waals surface area contributed by atoms with Crippen molar-refractivity contribution >= 4 is 17.9 Å². The minimum Gasteiger partial charge on any atom is -0.371 e. The fourth-order valence-corrected chi connectivity index (χ4v) is 5.18. The molecule has 4 heteroatoms. The predicted molar refractivity (Wildman–Crippen MR) is 127 cm³/mol. The maximum absolute atomic E-state index is 13.7. The van der Waals surface area contributed by atoms with Crippen molar-refractivity contribution in [1.82, 2.24) is 4.90 Å². The number of benzene rings is 3. The van der Waals surface area contributed by atoms with Gasteiger partial charge in [-0.3, -0.25) is 9.59 Å². The van der Waals surface area contributed by atoms with Crippen molar-refractivity contribution in [2.24, 2.45) is 5.92 Å². The van der Waals surface area contributed by atoms with Crippen LogP contribution in [-0.2, 0) is 11.2 Å². The Morgan fingerprint density at radius 3 is 2.22 bits per heavy atom. The second kappa shape index (κ2) is 8.99. The van der Waals surface area contributed by atoms with Gasteiger partial charge in [0.15, 0.2) is 0 Å². The van der Waals surface area contributed by atoms with Crippen LogP contribution in [0.2, 0.25) is 0 Å². The topological polar surface area (TPSA) is 40.6 Å². The van der Waals surface area contributed by atoms with Gasteiger partial charge in [0, 0.05) is 36.8 Å². The van der Waals surface area contributed by atoms with E-state index >= 15 is 0 Å². The molecule has 2 aliphatic heterocycles. The molecule has 2 heterocycles. The first-order valence-electron chi connectivity index (χ1n) is 11.5. The van der Waals surface area contributed by atoms with Gasteiger partial charge in [-0.1, -0.05) is 54.6 Å². The molecule has 0 bridgehead atoms. The Balaban J connectivity index is 1.34. The molecule has 0 aliphatic carbocycles. The summed E-state index contributed by atoms with van der Waals surface area (Å²) in [6.07, 6.45) is 3.49. The summed E-state index contributed by atoms with van der Waals surface area (Å²) in [5.41, 5.74) is 5.59. The van der Waals surface area contributed by atoms with Crippen LogP contribution < -0.4 is 4.90 Å². The molecular formula is C28H28N2O2. The van der Waals surface area contributed by atoms with Crippen LogP contribution in [0.3, 0.4) is 0 Å². The van der Waals surface area contributed by atoms with E-state index in [1.807, 2.05) is 30.3 Å². The molecule has 0 aromatic heterocycles. The third kappa shape index (κ3) is 3.93. The molecule has 3 aromatic rings. The van der Waals surface area contributed by atoms with Gasteiger partial charge in [0.2, 0.25) is 5.91 Å². The van der Waals surface area contributed by atoms with Crippen LogP contribution in [-0.4, -0.2) is 36.7 Å². The average Bonchev–Trinajstić information content (AvgIpc) is 2.88. The summed E-state index contributed by atoms with van der Waals surface area (Å²) in [4.78, 5) is 29.1. The zero-order valence-electron chi connectivity index (χ0n) is 18.2. The normalized spacial score (nSPS) is 18.8. The fraction of sp³-hybridized carbons (Fsp3) is 0.286. The van der Waals surface area contributed by atoms with Crippen molar-refractivity contribution in [2.75, 3.05) is 24.5 Å². The van der Waals surface area contributed by atoms with Crippen LogP contribution in [0.1, 0.15) is 45.9 Å². The van der Waals surface area contributed by atoms with E-state index in [1.54, 1.807) is 0 Å². The van der Waals surface area contributed by atoms with Crippen LogP contribution >= 0.6 is 0 Å². The Kier molecular flexibility index (Phi) is 5.76. The van der Waals surface area contributed by atoms with Crippen LogP contribution in [0.15, 0.2) is 78.9 Å². The molecule has 0 unspecified atom stereocenters. The van der Waals surface area contributed by atoms with Gasteiger partial charge in [0.25, 0.3) is 0 Å². The first-order valence-corrected chi connectivity index (χ1v) is 11.5. The number of amides is 1. The van der Waals surface area contributed by atoms with Gasteiger partial charge in [-0.15, -0.1) is 0 Å². The highest BCUT2D eigenvalue weighted by molar-refractivity contribution is 5.81. The number of nitrogens with zero attached hydrogens (tertiary/aromatic N) is 2. The molecule has 0 radical (unpaired) electrons. The minimum absolute atomic E-state index is 0.0115. The second-order valence-electron chi connectivity index (χ2n) is 8.76. The molecule has 162 valence electrons.